The van der Waals surface area contributed by atoms with E-state index in [1.165, 1.54) is 31.4 Å². The Hall–Kier alpha value is -2.12. The highest BCUT2D eigenvalue weighted by atomic mass is 35.5. The summed E-state index contributed by atoms with van der Waals surface area (Å²) in [4.78, 5) is 23.1. The second kappa shape index (κ2) is 9.86. The van der Waals surface area contributed by atoms with Gasteiger partial charge in [-0.25, -0.2) is 9.37 Å². The third-order valence-corrected chi connectivity index (χ3v) is 8.27. The number of piperidine rings is 1. The van der Waals surface area contributed by atoms with Crippen LogP contribution in [0, 0.1) is 5.82 Å². The molecule has 1 aromatic heterocycles. The number of fused-ring (bicyclic) bond motifs is 3. The van der Waals surface area contributed by atoms with Crippen LogP contribution in [-0.4, -0.2) is 52.6 Å². The minimum atomic E-state index is -0.338. The lowest BCUT2D eigenvalue weighted by Crippen LogP contribution is -2.46. The normalized spacial score (nSPS) is 25.9. The van der Waals surface area contributed by atoms with Gasteiger partial charge < -0.3 is 20.1 Å². The topological polar surface area (TPSA) is 67.4 Å². The summed E-state index contributed by atoms with van der Waals surface area (Å²) in [6.07, 6.45) is 10.0. The molecule has 3 aliphatic rings. The predicted octanol–water partition coefficient (Wildman–Crippen LogP) is 4.93. The lowest BCUT2D eigenvalue weighted by atomic mass is 9.83. The molecule has 0 bridgehead atoms. The number of carbonyl (C=O) groups excluding carboxylic acids is 1. The number of amides is 1. The van der Waals surface area contributed by atoms with Crippen LogP contribution in [0.5, 0.6) is 0 Å². The SMILES string of the molecule is CN1C(=O)c2c(nc(N3CCCC(N)C3)n2Cc2cc(F)ccc2Cl)C2CCCCCCCC21. The van der Waals surface area contributed by atoms with Gasteiger partial charge >= 0.3 is 0 Å². The van der Waals surface area contributed by atoms with Crippen molar-refractivity contribution in [3.63, 3.8) is 0 Å². The van der Waals surface area contributed by atoms with Crippen LogP contribution in [0.4, 0.5) is 10.3 Å². The minimum Gasteiger partial charge on any atom is -0.341 e. The largest absolute Gasteiger partial charge is 0.341 e. The van der Waals surface area contributed by atoms with Crippen LogP contribution in [0.15, 0.2) is 18.2 Å². The first-order valence-electron chi connectivity index (χ1n) is 12.8. The number of imidazole rings is 1. The molecule has 2 N–H and O–H groups in total. The number of carbonyl (C=O) groups is 1. The van der Waals surface area contributed by atoms with E-state index in [9.17, 15) is 9.18 Å². The molecule has 1 saturated carbocycles. The van der Waals surface area contributed by atoms with Gasteiger partial charge in [-0.1, -0.05) is 43.7 Å². The van der Waals surface area contributed by atoms with Crippen molar-refractivity contribution >= 4 is 23.5 Å². The van der Waals surface area contributed by atoms with Gasteiger partial charge in [-0.05, 0) is 49.4 Å². The van der Waals surface area contributed by atoms with E-state index in [1.807, 2.05) is 16.5 Å². The number of halogens is 2. The van der Waals surface area contributed by atoms with Crippen LogP contribution in [0.2, 0.25) is 5.02 Å². The lowest BCUT2D eigenvalue weighted by molar-refractivity contribution is 0.0641. The van der Waals surface area contributed by atoms with Gasteiger partial charge in [-0.3, -0.25) is 4.79 Å². The Balaban J connectivity index is 1.63. The summed E-state index contributed by atoms with van der Waals surface area (Å²) in [5.74, 6) is 0.651. The highest BCUT2D eigenvalue weighted by Crippen LogP contribution is 2.41. The molecule has 8 heteroatoms. The van der Waals surface area contributed by atoms with Crippen molar-refractivity contribution in [2.24, 2.45) is 5.73 Å². The van der Waals surface area contributed by atoms with Gasteiger partial charge in [0.1, 0.15) is 11.5 Å². The van der Waals surface area contributed by atoms with Crippen LogP contribution in [0.1, 0.15) is 85.5 Å². The third-order valence-electron chi connectivity index (χ3n) is 7.90. The highest BCUT2D eigenvalue weighted by molar-refractivity contribution is 6.31. The second-order valence-corrected chi connectivity index (χ2v) is 10.7. The maximum atomic E-state index is 14.1. The monoisotopic (exact) mass is 487 g/mol. The second-order valence-electron chi connectivity index (χ2n) is 10.3. The van der Waals surface area contributed by atoms with Crippen LogP contribution in [-0.2, 0) is 6.54 Å². The van der Waals surface area contributed by atoms with E-state index in [0.29, 0.717) is 29.4 Å². The molecule has 1 aliphatic carbocycles. The zero-order chi connectivity index (χ0) is 23.8. The van der Waals surface area contributed by atoms with Crippen molar-refractivity contribution in [2.45, 2.75) is 82.3 Å². The number of hydrogen-bond donors (Lipinski definition) is 1. The Labute approximate surface area is 206 Å². The number of aromatic nitrogens is 2. The number of hydrogen-bond acceptors (Lipinski definition) is 4. The summed E-state index contributed by atoms with van der Waals surface area (Å²) in [6, 6.07) is 4.65. The maximum absolute atomic E-state index is 14.1. The van der Waals surface area contributed by atoms with Crippen LogP contribution >= 0.6 is 11.6 Å². The smallest absolute Gasteiger partial charge is 0.272 e. The number of anilines is 1. The first-order valence-corrected chi connectivity index (χ1v) is 13.1. The van der Waals surface area contributed by atoms with Gasteiger partial charge in [-0.15, -0.1) is 0 Å². The fourth-order valence-electron chi connectivity index (χ4n) is 6.10. The molecule has 3 unspecified atom stereocenters. The Morgan fingerprint density at radius 3 is 2.68 bits per heavy atom. The number of nitrogens with zero attached hydrogens (tertiary/aromatic N) is 4. The third kappa shape index (κ3) is 4.44. The van der Waals surface area contributed by atoms with Crippen molar-refractivity contribution in [3.05, 3.63) is 46.0 Å². The Kier molecular flexibility index (Phi) is 6.85. The summed E-state index contributed by atoms with van der Waals surface area (Å²) in [6.45, 7) is 1.85. The lowest BCUT2D eigenvalue weighted by Gasteiger charge is -2.38. The molecule has 3 atom stereocenters. The number of benzene rings is 1. The molecule has 0 spiro atoms. The predicted molar refractivity (Wildman–Crippen MR) is 133 cm³/mol. The van der Waals surface area contributed by atoms with E-state index in [2.05, 4.69) is 4.90 Å². The van der Waals surface area contributed by atoms with E-state index in [1.54, 1.807) is 6.07 Å². The molecule has 2 fully saturated rings. The average molecular weight is 488 g/mol. The molecule has 6 nitrogen and oxygen atoms in total. The maximum Gasteiger partial charge on any atom is 0.272 e. The van der Waals surface area contributed by atoms with Crippen molar-refractivity contribution < 1.29 is 9.18 Å². The molecule has 1 amide bonds. The van der Waals surface area contributed by atoms with Crippen LogP contribution in [0.25, 0.3) is 0 Å². The fraction of sp³-hybridized carbons (Fsp3) is 0.615. The number of nitrogens with two attached hydrogens (primary N) is 1. The molecular formula is C26H35ClFN5O. The Morgan fingerprint density at radius 2 is 1.88 bits per heavy atom. The molecule has 3 heterocycles. The molecule has 0 radical (unpaired) electrons. The average Bonchev–Trinajstić information content (AvgIpc) is 3.23. The molecule has 1 aromatic carbocycles. The summed E-state index contributed by atoms with van der Waals surface area (Å²) >= 11 is 6.46. The van der Waals surface area contributed by atoms with Gasteiger partial charge in [0.2, 0.25) is 5.95 Å². The molecule has 2 aromatic rings. The highest BCUT2D eigenvalue weighted by Gasteiger charge is 2.42. The number of rotatable bonds is 3. The Morgan fingerprint density at radius 1 is 1.12 bits per heavy atom. The van der Waals surface area contributed by atoms with Gasteiger partial charge in [0.15, 0.2) is 0 Å². The van der Waals surface area contributed by atoms with Gasteiger partial charge in [0.25, 0.3) is 5.91 Å². The van der Waals surface area contributed by atoms with Crippen molar-refractivity contribution in [1.29, 1.82) is 0 Å². The van der Waals surface area contributed by atoms with Gasteiger partial charge in [-0.2, -0.15) is 0 Å². The van der Waals surface area contributed by atoms with E-state index in [-0.39, 0.29) is 29.7 Å². The quantitative estimate of drug-likeness (QED) is 0.666. The first kappa shape index (κ1) is 23.6. The molecule has 184 valence electrons. The van der Waals surface area contributed by atoms with E-state index < -0.39 is 0 Å². The molecule has 1 saturated heterocycles. The summed E-state index contributed by atoms with van der Waals surface area (Å²) in [7, 11) is 1.93. The van der Waals surface area contributed by atoms with E-state index in [4.69, 9.17) is 22.3 Å². The first-order chi connectivity index (χ1) is 16.4. The summed E-state index contributed by atoms with van der Waals surface area (Å²) in [5.41, 5.74) is 8.52. The molecule has 2 aliphatic heterocycles. The summed E-state index contributed by atoms with van der Waals surface area (Å²) < 4.78 is 16.1. The number of likely N-dealkylation sites (N-methyl/N-ethyl adjacent to an activating group) is 1. The minimum absolute atomic E-state index is 0.00285. The summed E-state index contributed by atoms with van der Waals surface area (Å²) in [5, 5.41) is 0.488. The zero-order valence-electron chi connectivity index (χ0n) is 20.0. The van der Waals surface area contributed by atoms with Crippen molar-refractivity contribution in [2.75, 3.05) is 25.0 Å². The Bertz CT molecular complexity index is 1060. The molecular weight excluding hydrogens is 453 g/mol. The standard InChI is InChI=1S/C26H35ClFN5O/c1-31-22-10-6-4-2-3-5-9-20(22)23-24(25(31)34)33(15-17-14-18(28)11-12-21(17)27)26(30-23)32-13-7-8-19(29)16-32/h11-12,14,19-20,22H,2-10,13,15-16,29H2,1H3. The fourth-order valence-corrected chi connectivity index (χ4v) is 6.28. The van der Waals surface area contributed by atoms with E-state index >= 15 is 0 Å². The molecule has 5 rings (SSSR count). The van der Waals surface area contributed by atoms with Gasteiger partial charge in [0.05, 0.1) is 12.2 Å². The van der Waals surface area contributed by atoms with Crippen molar-refractivity contribution in [3.8, 4) is 0 Å². The molecule has 34 heavy (non-hydrogen) atoms. The zero-order valence-corrected chi connectivity index (χ0v) is 20.7. The van der Waals surface area contributed by atoms with Crippen LogP contribution < -0.4 is 10.6 Å². The van der Waals surface area contributed by atoms with E-state index in [0.717, 1.165) is 56.7 Å². The van der Waals surface area contributed by atoms with Gasteiger partial charge in [0, 0.05) is 43.2 Å². The van der Waals surface area contributed by atoms with Crippen LogP contribution in [0.3, 0.4) is 0 Å². The van der Waals surface area contributed by atoms with Crippen molar-refractivity contribution in [1.82, 2.24) is 14.5 Å².